The van der Waals surface area contributed by atoms with Crippen LogP contribution in [0.25, 0.3) is 0 Å². The lowest BCUT2D eigenvalue weighted by atomic mass is 10.1. The van der Waals surface area contributed by atoms with Crippen LogP contribution < -0.4 is 4.74 Å². The molecule has 5 heteroatoms. The Morgan fingerprint density at radius 2 is 2.00 bits per heavy atom. The van der Waals surface area contributed by atoms with E-state index < -0.39 is 12.1 Å². The van der Waals surface area contributed by atoms with E-state index in [9.17, 15) is 4.79 Å². The van der Waals surface area contributed by atoms with E-state index in [1.54, 1.807) is 19.9 Å². The lowest BCUT2D eigenvalue weighted by Gasteiger charge is -2.17. The lowest BCUT2D eigenvalue weighted by Crippen LogP contribution is -2.26. The number of rotatable bonds is 4. The molecule has 0 aromatic heterocycles. The summed E-state index contributed by atoms with van der Waals surface area (Å²) >= 11 is 12.1. The number of hydrogen-bond donors (Lipinski definition) is 1. The molecule has 17 heavy (non-hydrogen) atoms. The van der Waals surface area contributed by atoms with E-state index in [0.717, 1.165) is 5.56 Å². The topological polar surface area (TPSA) is 46.5 Å². The molecule has 94 valence electrons. The van der Waals surface area contributed by atoms with Crippen LogP contribution in [-0.4, -0.2) is 17.2 Å². The molecule has 0 aliphatic carbocycles. The lowest BCUT2D eigenvalue weighted by molar-refractivity contribution is -0.145. The molecule has 0 bridgehead atoms. The third-order valence-corrected chi connectivity index (χ3v) is 3.54. The molecule has 0 heterocycles. The van der Waals surface area contributed by atoms with Gasteiger partial charge in [-0.15, -0.1) is 0 Å². The third-order valence-electron chi connectivity index (χ3n) is 2.48. The Kier molecular flexibility index (Phi) is 4.66. The van der Waals surface area contributed by atoms with Crippen molar-refractivity contribution in [3.63, 3.8) is 0 Å². The fourth-order valence-electron chi connectivity index (χ4n) is 1.45. The molecule has 1 unspecified atom stereocenters. The summed E-state index contributed by atoms with van der Waals surface area (Å²) in [5.41, 5.74) is 1.51. The second-order valence-corrected chi connectivity index (χ2v) is 4.55. The van der Waals surface area contributed by atoms with Crippen LogP contribution in [0.1, 0.15) is 24.5 Å². The fraction of sp³-hybridized carbons (Fsp3) is 0.417. The van der Waals surface area contributed by atoms with Gasteiger partial charge in [0.2, 0.25) is 0 Å². The number of carbonyl (C=O) groups is 1. The van der Waals surface area contributed by atoms with E-state index in [4.69, 9.17) is 33.0 Å². The van der Waals surface area contributed by atoms with Crippen LogP contribution in [0.2, 0.25) is 10.0 Å². The highest BCUT2D eigenvalue weighted by Gasteiger charge is 2.20. The standard InChI is InChI=1S/C12H14Cl2O3/c1-4-8(12(15)16)17-9-5-6(2)10(13)7(3)11(9)14/h5,8H,4H2,1-3H3,(H,15,16). The molecule has 0 radical (unpaired) electrons. The fourth-order valence-corrected chi connectivity index (χ4v) is 1.84. The summed E-state index contributed by atoms with van der Waals surface area (Å²) in [7, 11) is 0. The molecule has 0 fully saturated rings. The predicted molar refractivity (Wildman–Crippen MR) is 68.3 cm³/mol. The van der Waals surface area contributed by atoms with Gasteiger partial charge in [-0.05, 0) is 37.5 Å². The van der Waals surface area contributed by atoms with Crippen molar-refractivity contribution in [2.24, 2.45) is 0 Å². The van der Waals surface area contributed by atoms with Gasteiger partial charge in [-0.25, -0.2) is 4.79 Å². The van der Waals surface area contributed by atoms with Gasteiger partial charge in [0.25, 0.3) is 0 Å². The van der Waals surface area contributed by atoms with Gasteiger partial charge in [-0.2, -0.15) is 0 Å². The maximum absolute atomic E-state index is 10.9. The van der Waals surface area contributed by atoms with Gasteiger partial charge in [-0.1, -0.05) is 30.1 Å². The molecule has 0 aliphatic rings. The Hall–Kier alpha value is -0.930. The molecule has 0 saturated carbocycles. The SMILES string of the molecule is CCC(Oc1cc(C)c(Cl)c(C)c1Cl)C(=O)O. The monoisotopic (exact) mass is 276 g/mol. The number of halogens is 2. The number of aryl methyl sites for hydroxylation is 1. The smallest absolute Gasteiger partial charge is 0.344 e. The Morgan fingerprint density at radius 3 is 2.47 bits per heavy atom. The highest BCUT2D eigenvalue weighted by Crippen LogP contribution is 2.36. The van der Waals surface area contributed by atoms with E-state index in [0.29, 0.717) is 27.8 Å². The van der Waals surface area contributed by atoms with E-state index in [-0.39, 0.29) is 0 Å². The van der Waals surface area contributed by atoms with Crippen LogP contribution in [0.15, 0.2) is 6.07 Å². The van der Waals surface area contributed by atoms with Crippen molar-refractivity contribution in [2.75, 3.05) is 0 Å². The van der Waals surface area contributed by atoms with E-state index in [1.807, 2.05) is 6.92 Å². The van der Waals surface area contributed by atoms with Crippen molar-refractivity contribution in [3.8, 4) is 5.75 Å². The molecular formula is C12H14Cl2O3. The quantitative estimate of drug-likeness (QED) is 0.909. The van der Waals surface area contributed by atoms with Gasteiger partial charge in [-0.3, -0.25) is 0 Å². The average Bonchev–Trinajstić information content (AvgIpc) is 2.29. The summed E-state index contributed by atoms with van der Waals surface area (Å²) in [5.74, 6) is -0.644. The summed E-state index contributed by atoms with van der Waals surface area (Å²) in [6, 6.07) is 1.66. The van der Waals surface area contributed by atoms with Crippen molar-refractivity contribution in [1.82, 2.24) is 0 Å². The summed E-state index contributed by atoms with van der Waals surface area (Å²) in [6.07, 6.45) is -0.528. The first-order chi connectivity index (χ1) is 7.88. The number of hydrogen-bond acceptors (Lipinski definition) is 2. The Morgan fingerprint density at radius 1 is 1.41 bits per heavy atom. The molecule has 0 aliphatic heterocycles. The minimum atomic E-state index is -1.01. The molecule has 3 nitrogen and oxygen atoms in total. The summed E-state index contributed by atoms with van der Waals surface area (Å²) < 4.78 is 5.38. The maximum atomic E-state index is 10.9. The Balaban J connectivity index is 3.11. The number of aliphatic carboxylic acids is 1. The molecule has 0 spiro atoms. The van der Waals surface area contributed by atoms with Crippen LogP contribution in [0.3, 0.4) is 0 Å². The minimum Gasteiger partial charge on any atom is -0.479 e. The van der Waals surface area contributed by atoms with Crippen LogP contribution in [-0.2, 0) is 4.79 Å². The first kappa shape index (κ1) is 14.1. The van der Waals surface area contributed by atoms with Gasteiger partial charge in [0.1, 0.15) is 5.75 Å². The molecule has 1 rings (SSSR count). The van der Waals surface area contributed by atoms with E-state index >= 15 is 0 Å². The van der Waals surface area contributed by atoms with Gasteiger partial charge in [0, 0.05) is 5.02 Å². The summed E-state index contributed by atoms with van der Waals surface area (Å²) in [6.45, 7) is 5.33. The van der Waals surface area contributed by atoms with Crippen molar-refractivity contribution in [2.45, 2.75) is 33.3 Å². The van der Waals surface area contributed by atoms with Gasteiger partial charge in [0.15, 0.2) is 6.10 Å². The van der Waals surface area contributed by atoms with E-state index in [2.05, 4.69) is 0 Å². The maximum Gasteiger partial charge on any atom is 0.344 e. The van der Waals surface area contributed by atoms with Crippen LogP contribution in [0.5, 0.6) is 5.75 Å². The van der Waals surface area contributed by atoms with Crippen molar-refractivity contribution >= 4 is 29.2 Å². The molecule has 1 aromatic rings. The van der Waals surface area contributed by atoms with Gasteiger partial charge < -0.3 is 9.84 Å². The normalized spacial score (nSPS) is 12.3. The number of ether oxygens (including phenoxy) is 1. The van der Waals surface area contributed by atoms with Crippen LogP contribution in [0.4, 0.5) is 0 Å². The van der Waals surface area contributed by atoms with Crippen molar-refractivity contribution < 1.29 is 14.6 Å². The molecule has 1 aromatic carbocycles. The molecule has 1 N–H and O–H groups in total. The number of carboxylic acid groups (broad SMARTS) is 1. The number of benzene rings is 1. The van der Waals surface area contributed by atoms with Gasteiger partial charge >= 0.3 is 5.97 Å². The predicted octanol–water partition coefficient (Wildman–Crippen LogP) is 3.85. The number of carboxylic acids is 1. The first-order valence-corrected chi connectivity index (χ1v) is 5.98. The molecule has 0 amide bonds. The first-order valence-electron chi connectivity index (χ1n) is 5.23. The van der Waals surface area contributed by atoms with Crippen molar-refractivity contribution in [1.29, 1.82) is 0 Å². The zero-order valence-corrected chi connectivity index (χ0v) is 11.4. The Bertz CT molecular complexity index is 444. The second kappa shape index (κ2) is 5.61. The average molecular weight is 277 g/mol. The highest BCUT2D eigenvalue weighted by molar-refractivity contribution is 6.37. The summed E-state index contributed by atoms with van der Waals surface area (Å²) in [4.78, 5) is 10.9. The minimum absolute atomic E-state index is 0.361. The zero-order chi connectivity index (χ0) is 13.2. The zero-order valence-electron chi connectivity index (χ0n) is 9.88. The Labute approximate surface area is 110 Å². The van der Waals surface area contributed by atoms with Gasteiger partial charge in [0.05, 0.1) is 5.02 Å². The summed E-state index contributed by atoms with van der Waals surface area (Å²) in [5, 5.41) is 9.86. The second-order valence-electron chi connectivity index (χ2n) is 3.80. The van der Waals surface area contributed by atoms with Crippen molar-refractivity contribution in [3.05, 3.63) is 27.2 Å². The van der Waals surface area contributed by atoms with Crippen LogP contribution >= 0.6 is 23.2 Å². The highest BCUT2D eigenvalue weighted by atomic mass is 35.5. The molecule has 0 saturated heterocycles. The molecular weight excluding hydrogens is 263 g/mol. The third kappa shape index (κ3) is 3.05. The largest absolute Gasteiger partial charge is 0.479 e. The molecule has 1 atom stereocenters. The van der Waals surface area contributed by atoms with E-state index in [1.165, 1.54) is 0 Å². The van der Waals surface area contributed by atoms with Crippen LogP contribution in [0, 0.1) is 13.8 Å².